The van der Waals surface area contributed by atoms with Crippen LogP contribution in [0.2, 0.25) is 0 Å². The molecule has 0 aliphatic heterocycles. The second-order valence-electron chi connectivity index (χ2n) is 2.37. The van der Waals surface area contributed by atoms with E-state index in [0.717, 1.165) is 0 Å². The fraction of sp³-hybridized carbons (Fsp3) is 0.250. The molecule has 0 aliphatic rings. The molecule has 0 saturated carbocycles. The summed E-state index contributed by atoms with van der Waals surface area (Å²) in [7, 11) is 0. The van der Waals surface area contributed by atoms with Crippen LogP contribution in [0, 0.1) is 0 Å². The lowest BCUT2D eigenvalue weighted by atomic mass is 10.1. The Kier molecular flexibility index (Phi) is 2.46. The van der Waals surface area contributed by atoms with Crippen LogP contribution in [0.25, 0.3) is 0 Å². The minimum atomic E-state index is -0.821. The minimum absolute atomic E-state index is 0.274. The lowest BCUT2D eigenvalue weighted by Crippen LogP contribution is -2.02. The highest BCUT2D eigenvalue weighted by Crippen LogP contribution is 2.14. The van der Waals surface area contributed by atoms with Crippen LogP contribution in [-0.4, -0.2) is 16.8 Å². The summed E-state index contributed by atoms with van der Waals surface area (Å²) in [6, 6.07) is 6.83. The molecule has 3 heteroatoms. The Hall–Kier alpha value is -1.06. The van der Waals surface area contributed by atoms with E-state index in [9.17, 15) is 0 Å². The van der Waals surface area contributed by atoms with Crippen molar-refractivity contribution in [2.24, 2.45) is 0 Å². The summed E-state index contributed by atoms with van der Waals surface area (Å²) in [5.41, 5.74) is 6.70. The van der Waals surface area contributed by atoms with Crippen LogP contribution in [0.1, 0.15) is 11.7 Å². The zero-order valence-electron chi connectivity index (χ0n) is 6.07. The Morgan fingerprint density at radius 2 is 2.18 bits per heavy atom. The van der Waals surface area contributed by atoms with E-state index in [2.05, 4.69) is 0 Å². The van der Waals surface area contributed by atoms with Gasteiger partial charge < -0.3 is 15.9 Å². The summed E-state index contributed by atoms with van der Waals surface area (Å²) in [6.07, 6.45) is -0.821. The van der Waals surface area contributed by atoms with Crippen LogP contribution in [-0.2, 0) is 0 Å². The third-order valence-corrected chi connectivity index (χ3v) is 1.47. The molecule has 0 spiro atoms. The quantitative estimate of drug-likeness (QED) is 0.535. The summed E-state index contributed by atoms with van der Waals surface area (Å²) in [4.78, 5) is 0. The first-order valence-electron chi connectivity index (χ1n) is 3.38. The lowest BCUT2D eigenvalue weighted by molar-refractivity contribution is 0.0956. The Morgan fingerprint density at radius 3 is 2.73 bits per heavy atom. The molecular formula is C8H11NO2. The third kappa shape index (κ3) is 1.93. The van der Waals surface area contributed by atoms with Crippen molar-refractivity contribution in [3.8, 4) is 0 Å². The zero-order chi connectivity index (χ0) is 8.27. The Balaban J connectivity index is 2.86. The molecule has 0 radical (unpaired) electrons. The van der Waals surface area contributed by atoms with E-state index in [1.54, 1.807) is 24.3 Å². The lowest BCUT2D eigenvalue weighted by Gasteiger charge is -2.06. The van der Waals surface area contributed by atoms with E-state index in [-0.39, 0.29) is 6.61 Å². The van der Waals surface area contributed by atoms with Gasteiger partial charge in [-0.2, -0.15) is 0 Å². The van der Waals surface area contributed by atoms with Crippen LogP contribution in [0.15, 0.2) is 24.3 Å². The van der Waals surface area contributed by atoms with Crippen LogP contribution in [0.5, 0.6) is 0 Å². The molecule has 4 N–H and O–H groups in total. The Labute approximate surface area is 65.1 Å². The molecule has 3 nitrogen and oxygen atoms in total. The first-order valence-corrected chi connectivity index (χ1v) is 3.38. The van der Waals surface area contributed by atoms with Gasteiger partial charge in [-0.1, -0.05) is 12.1 Å². The van der Waals surface area contributed by atoms with Crippen molar-refractivity contribution < 1.29 is 10.2 Å². The van der Waals surface area contributed by atoms with Gasteiger partial charge >= 0.3 is 0 Å². The molecule has 0 saturated heterocycles. The number of hydrogen-bond acceptors (Lipinski definition) is 3. The predicted octanol–water partition coefficient (Wildman–Crippen LogP) is 0.295. The number of nitrogens with two attached hydrogens (primary N) is 1. The molecule has 11 heavy (non-hydrogen) atoms. The van der Waals surface area contributed by atoms with Gasteiger partial charge in [0.1, 0.15) is 6.10 Å². The molecule has 0 unspecified atom stereocenters. The monoisotopic (exact) mass is 153 g/mol. The van der Waals surface area contributed by atoms with Crippen molar-refractivity contribution in [3.63, 3.8) is 0 Å². The summed E-state index contributed by atoms with van der Waals surface area (Å²) in [5, 5.41) is 17.7. The second kappa shape index (κ2) is 3.37. The second-order valence-corrected chi connectivity index (χ2v) is 2.37. The van der Waals surface area contributed by atoms with Crippen molar-refractivity contribution in [1.29, 1.82) is 0 Å². The van der Waals surface area contributed by atoms with Crippen molar-refractivity contribution in [3.05, 3.63) is 29.8 Å². The van der Waals surface area contributed by atoms with E-state index in [1.807, 2.05) is 0 Å². The predicted molar refractivity (Wildman–Crippen MR) is 42.9 cm³/mol. The molecular weight excluding hydrogens is 142 g/mol. The van der Waals surface area contributed by atoms with E-state index in [4.69, 9.17) is 15.9 Å². The molecule has 0 aromatic heterocycles. The fourth-order valence-corrected chi connectivity index (χ4v) is 0.872. The standard InChI is InChI=1S/C8H11NO2/c9-7-3-1-2-6(4-7)8(11)5-10/h1-4,8,10-11H,5,9H2/t8-/m0/s1. The van der Waals surface area contributed by atoms with Crippen LogP contribution >= 0.6 is 0 Å². The van der Waals surface area contributed by atoms with Gasteiger partial charge in [0.15, 0.2) is 0 Å². The maximum atomic E-state index is 9.15. The summed E-state index contributed by atoms with van der Waals surface area (Å²) in [6.45, 7) is -0.274. The minimum Gasteiger partial charge on any atom is -0.399 e. The van der Waals surface area contributed by atoms with E-state index in [1.165, 1.54) is 0 Å². The maximum absolute atomic E-state index is 9.15. The number of benzene rings is 1. The molecule has 0 fully saturated rings. The van der Waals surface area contributed by atoms with E-state index >= 15 is 0 Å². The number of aliphatic hydroxyl groups excluding tert-OH is 2. The topological polar surface area (TPSA) is 66.5 Å². The highest BCUT2D eigenvalue weighted by Gasteiger charge is 2.04. The molecule has 0 amide bonds. The number of anilines is 1. The third-order valence-electron chi connectivity index (χ3n) is 1.47. The summed E-state index contributed by atoms with van der Waals surface area (Å²) in [5.74, 6) is 0. The van der Waals surface area contributed by atoms with Gasteiger partial charge in [-0.3, -0.25) is 0 Å². The Morgan fingerprint density at radius 1 is 1.45 bits per heavy atom. The van der Waals surface area contributed by atoms with Crippen LogP contribution in [0.3, 0.4) is 0 Å². The smallest absolute Gasteiger partial charge is 0.102 e. The molecule has 1 atom stereocenters. The van der Waals surface area contributed by atoms with Crippen molar-refractivity contribution >= 4 is 5.69 Å². The number of hydrogen-bond donors (Lipinski definition) is 3. The van der Waals surface area contributed by atoms with Crippen molar-refractivity contribution in [2.75, 3.05) is 12.3 Å². The normalized spacial score (nSPS) is 12.9. The average Bonchev–Trinajstić information content (AvgIpc) is 2.03. The number of rotatable bonds is 2. The van der Waals surface area contributed by atoms with Gasteiger partial charge in [0, 0.05) is 5.69 Å². The number of nitrogen functional groups attached to an aromatic ring is 1. The van der Waals surface area contributed by atoms with E-state index in [0.29, 0.717) is 11.3 Å². The maximum Gasteiger partial charge on any atom is 0.102 e. The molecule has 0 aliphatic carbocycles. The summed E-state index contributed by atoms with van der Waals surface area (Å²) < 4.78 is 0. The fourth-order valence-electron chi connectivity index (χ4n) is 0.872. The van der Waals surface area contributed by atoms with Gasteiger partial charge in [0.25, 0.3) is 0 Å². The first-order chi connectivity index (χ1) is 5.24. The molecule has 0 heterocycles. The van der Waals surface area contributed by atoms with Crippen molar-refractivity contribution in [2.45, 2.75) is 6.10 Å². The van der Waals surface area contributed by atoms with Crippen LogP contribution in [0.4, 0.5) is 5.69 Å². The highest BCUT2D eigenvalue weighted by molar-refractivity contribution is 5.41. The van der Waals surface area contributed by atoms with Crippen LogP contribution < -0.4 is 5.73 Å². The SMILES string of the molecule is Nc1cccc([C@@H](O)CO)c1. The van der Waals surface area contributed by atoms with E-state index < -0.39 is 6.10 Å². The van der Waals surface area contributed by atoms with Crippen molar-refractivity contribution in [1.82, 2.24) is 0 Å². The first kappa shape index (κ1) is 8.04. The van der Waals surface area contributed by atoms with Gasteiger partial charge in [0.2, 0.25) is 0 Å². The highest BCUT2D eigenvalue weighted by atomic mass is 16.3. The van der Waals surface area contributed by atoms with Gasteiger partial charge in [0.05, 0.1) is 6.61 Å². The largest absolute Gasteiger partial charge is 0.399 e. The summed E-state index contributed by atoms with van der Waals surface area (Å²) >= 11 is 0. The molecule has 1 aromatic rings. The average molecular weight is 153 g/mol. The number of aliphatic hydroxyl groups is 2. The molecule has 1 rings (SSSR count). The van der Waals surface area contributed by atoms with Gasteiger partial charge in [-0.05, 0) is 17.7 Å². The zero-order valence-corrected chi connectivity index (χ0v) is 6.07. The van der Waals surface area contributed by atoms with Gasteiger partial charge in [-0.25, -0.2) is 0 Å². The molecule has 60 valence electrons. The van der Waals surface area contributed by atoms with Gasteiger partial charge in [-0.15, -0.1) is 0 Å². The Bertz CT molecular complexity index is 237. The molecule has 1 aromatic carbocycles. The molecule has 0 bridgehead atoms.